The number of hydrogen-bond donors (Lipinski definition) is 2. The molecule has 0 spiro atoms. The van der Waals surface area contributed by atoms with E-state index in [2.05, 4.69) is 26.1 Å². The molecule has 0 aliphatic carbocycles. The molecule has 0 heterocycles. The standard InChI is InChI=1S/C11H25NOS/c1-4-5-6-7-14-9-11(8-13)12-10(2)3/h10-13H,4-9H2,1-3H3. The number of nitrogens with one attached hydrogen (secondary N) is 1. The van der Waals surface area contributed by atoms with Gasteiger partial charge in [0, 0.05) is 17.8 Å². The lowest BCUT2D eigenvalue weighted by Gasteiger charge is -2.18. The van der Waals surface area contributed by atoms with Gasteiger partial charge in [0.25, 0.3) is 0 Å². The van der Waals surface area contributed by atoms with Crippen LogP contribution in [0.4, 0.5) is 0 Å². The quantitative estimate of drug-likeness (QED) is 0.584. The predicted molar refractivity (Wildman–Crippen MR) is 66.0 cm³/mol. The third-order valence-corrected chi connectivity index (χ3v) is 3.22. The fraction of sp³-hybridized carbons (Fsp3) is 1.00. The number of aliphatic hydroxyl groups excluding tert-OH is 1. The topological polar surface area (TPSA) is 32.3 Å². The fourth-order valence-corrected chi connectivity index (χ4v) is 2.37. The van der Waals surface area contributed by atoms with Gasteiger partial charge in [-0.25, -0.2) is 0 Å². The van der Waals surface area contributed by atoms with Crippen LogP contribution in [0.25, 0.3) is 0 Å². The van der Waals surface area contributed by atoms with Crippen LogP contribution >= 0.6 is 11.8 Å². The maximum atomic E-state index is 9.10. The Bertz CT molecular complexity index is 120. The van der Waals surface area contributed by atoms with E-state index in [-0.39, 0.29) is 12.6 Å². The Kier molecular flexibility index (Phi) is 10.0. The lowest BCUT2D eigenvalue weighted by atomic mass is 10.3. The Morgan fingerprint density at radius 2 is 2.00 bits per heavy atom. The van der Waals surface area contributed by atoms with Crippen molar-refractivity contribution in [3.8, 4) is 0 Å². The summed E-state index contributed by atoms with van der Waals surface area (Å²) >= 11 is 1.95. The minimum absolute atomic E-state index is 0.249. The van der Waals surface area contributed by atoms with Gasteiger partial charge in [0.2, 0.25) is 0 Å². The van der Waals surface area contributed by atoms with Crippen molar-refractivity contribution in [2.75, 3.05) is 18.1 Å². The third-order valence-electron chi connectivity index (χ3n) is 2.00. The van der Waals surface area contributed by atoms with Crippen LogP contribution in [-0.2, 0) is 0 Å². The number of unbranched alkanes of at least 4 members (excludes halogenated alkanes) is 2. The maximum absolute atomic E-state index is 9.10. The molecule has 3 heteroatoms. The molecule has 2 N–H and O–H groups in total. The van der Waals surface area contributed by atoms with Gasteiger partial charge in [0.15, 0.2) is 0 Å². The minimum atomic E-state index is 0.249. The van der Waals surface area contributed by atoms with E-state index in [0.29, 0.717) is 6.04 Å². The highest BCUT2D eigenvalue weighted by atomic mass is 32.2. The molecular weight excluding hydrogens is 194 g/mol. The van der Waals surface area contributed by atoms with E-state index >= 15 is 0 Å². The highest BCUT2D eigenvalue weighted by Gasteiger charge is 2.07. The molecular formula is C11H25NOS. The summed E-state index contributed by atoms with van der Waals surface area (Å²) in [5, 5.41) is 12.5. The Balaban J connectivity index is 3.33. The van der Waals surface area contributed by atoms with Crippen molar-refractivity contribution in [1.29, 1.82) is 0 Å². The molecule has 14 heavy (non-hydrogen) atoms. The number of thioether (sulfide) groups is 1. The highest BCUT2D eigenvalue weighted by molar-refractivity contribution is 7.99. The van der Waals surface area contributed by atoms with E-state index in [4.69, 9.17) is 5.11 Å². The van der Waals surface area contributed by atoms with Gasteiger partial charge in [-0.3, -0.25) is 0 Å². The van der Waals surface area contributed by atoms with Crippen molar-refractivity contribution in [2.45, 2.75) is 52.1 Å². The molecule has 0 fully saturated rings. The molecule has 0 aliphatic heterocycles. The Morgan fingerprint density at radius 3 is 2.50 bits per heavy atom. The molecule has 0 saturated heterocycles. The smallest absolute Gasteiger partial charge is 0.0592 e. The predicted octanol–water partition coefficient (Wildman–Crippen LogP) is 2.27. The maximum Gasteiger partial charge on any atom is 0.0592 e. The van der Waals surface area contributed by atoms with Crippen LogP contribution in [0.3, 0.4) is 0 Å². The van der Waals surface area contributed by atoms with E-state index in [1.807, 2.05) is 11.8 Å². The molecule has 0 aliphatic rings. The van der Waals surface area contributed by atoms with Crippen LogP contribution in [0.2, 0.25) is 0 Å². The van der Waals surface area contributed by atoms with Gasteiger partial charge in [-0.05, 0) is 12.2 Å². The van der Waals surface area contributed by atoms with Crippen molar-refractivity contribution < 1.29 is 5.11 Å². The lowest BCUT2D eigenvalue weighted by molar-refractivity contribution is 0.247. The molecule has 0 radical (unpaired) electrons. The van der Waals surface area contributed by atoms with Crippen LogP contribution < -0.4 is 5.32 Å². The van der Waals surface area contributed by atoms with Gasteiger partial charge >= 0.3 is 0 Å². The van der Waals surface area contributed by atoms with Crippen LogP contribution in [0.15, 0.2) is 0 Å². The van der Waals surface area contributed by atoms with Crippen LogP contribution in [0.5, 0.6) is 0 Å². The first-order valence-corrected chi connectivity index (χ1v) is 6.80. The first-order valence-electron chi connectivity index (χ1n) is 5.65. The van der Waals surface area contributed by atoms with Gasteiger partial charge in [-0.1, -0.05) is 33.6 Å². The first kappa shape index (κ1) is 14.3. The number of hydrogen-bond acceptors (Lipinski definition) is 3. The Morgan fingerprint density at radius 1 is 1.29 bits per heavy atom. The van der Waals surface area contributed by atoms with E-state index in [1.165, 1.54) is 25.0 Å². The van der Waals surface area contributed by atoms with Gasteiger partial charge in [-0.15, -0.1) is 0 Å². The molecule has 0 aromatic rings. The molecule has 0 aromatic carbocycles. The molecule has 0 aromatic heterocycles. The van der Waals surface area contributed by atoms with E-state index in [0.717, 1.165) is 5.75 Å². The molecule has 2 nitrogen and oxygen atoms in total. The second-order valence-corrected chi connectivity index (χ2v) is 5.13. The molecule has 0 bridgehead atoms. The van der Waals surface area contributed by atoms with Crippen molar-refractivity contribution in [3.63, 3.8) is 0 Å². The number of rotatable bonds is 9. The SMILES string of the molecule is CCCCCSCC(CO)NC(C)C. The summed E-state index contributed by atoms with van der Waals surface area (Å²) in [6.07, 6.45) is 3.92. The summed E-state index contributed by atoms with van der Waals surface area (Å²) in [6.45, 7) is 6.70. The normalized spacial score (nSPS) is 13.5. The zero-order valence-electron chi connectivity index (χ0n) is 9.75. The first-order chi connectivity index (χ1) is 6.70. The van der Waals surface area contributed by atoms with Crippen LogP contribution in [0, 0.1) is 0 Å². The van der Waals surface area contributed by atoms with E-state index in [1.54, 1.807) is 0 Å². The van der Waals surface area contributed by atoms with Crippen molar-refractivity contribution in [3.05, 3.63) is 0 Å². The molecule has 1 unspecified atom stereocenters. The molecule has 0 amide bonds. The Hall–Kier alpha value is 0.270. The van der Waals surface area contributed by atoms with Gasteiger partial charge < -0.3 is 10.4 Å². The molecule has 1 atom stereocenters. The van der Waals surface area contributed by atoms with Crippen LogP contribution in [-0.4, -0.2) is 35.3 Å². The molecule has 86 valence electrons. The van der Waals surface area contributed by atoms with E-state index < -0.39 is 0 Å². The molecule has 0 saturated carbocycles. The monoisotopic (exact) mass is 219 g/mol. The zero-order chi connectivity index (χ0) is 10.8. The summed E-state index contributed by atoms with van der Waals surface area (Å²) in [4.78, 5) is 0. The highest BCUT2D eigenvalue weighted by Crippen LogP contribution is 2.08. The third kappa shape index (κ3) is 8.85. The second kappa shape index (κ2) is 9.81. The Labute approximate surface area is 92.9 Å². The lowest BCUT2D eigenvalue weighted by Crippen LogP contribution is -2.39. The van der Waals surface area contributed by atoms with Gasteiger partial charge in [-0.2, -0.15) is 11.8 Å². The fourth-order valence-electron chi connectivity index (χ4n) is 1.30. The van der Waals surface area contributed by atoms with Crippen molar-refractivity contribution in [1.82, 2.24) is 5.32 Å². The summed E-state index contributed by atoms with van der Waals surface area (Å²) in [7, 11) is 0. The van der Waals surface area contributed by atoms with Gasteiger partial charge in [0.05, 0.1) is 6.61 Å². The molecule has 0 rings (SSSR count). The average molecular weight is 219 g/mol. The second-order valence-electron chi connectivity index (χ2n) is 3.98. The van der Waals surface area contributed by atoms with Crippen molar-refractivity contribution in [2.24, 2.45) is 0 Å². The summed E-state index contributed by atoms with van der Waals surface area (Å²) in [5.74, 6) is 2.25. The average Bonchev–Trinajstić information content (AvgIpc) is 2.15. The summed E-state index contributed by atoms with van der Waals surface area (Å²) in [5.41, 5.74) is 0. The largest absolute Gasteiger partial charge is 0.395 e. The van der Waals surface area contributed by atoms with E-state index in [9.17, 15) is 0 Å². The number of aliphatic hydroxyl groups is 1. The summed E-state index contributed by atoms with van der Waals surface area (Å²) < 4.78 is 0. The minimum Gasteiger partial charge on any atom is -0.395 e. The van der Waals surface area contributed by atoms with Gasteiger partial charge in [0.1, 0.15) is 0 Å². The van der Waals surface area contributed by atoms with Crippen LogP contribution in [0.1, 0.15) is 40.0 Å². The summed E-state index contributed by atoms with van der Waals surface area (Å²) in [6, 6.07) is 0.727. The zero-order valence-corrected chi connectivity index (χ0v) is 10.6. The van der Waals surface area contributed by atoms with Crippen molar-refractivity contribution >= 4 is 11.8 Å².